The lowest BCUT2D eigenvalue weighted by Crippen LogP contribution is -2.18. The first-order valence-corrected chi connectivity index (χ1v) is 7.43. The standard InChI is InChI=1S/C19H20O2/c1-4-13-7-5-6-8-15(13)18(20)14-9-10-17-16(11-14)19(2,3)12-21-17/h5-11H,4,12H2,1-3H3. The molecule has 2 aromatic carbocycles. The summed E-state index contributed by atoms with van der Waals surface area (Å²) >= 11 is 0. The Bertz CT molecular complexity index is 698. The molecule has 1 heterocycles. The van der Waals surface area contributed by atoms with Gasteiger partial charge in [0.1, 0.15) is 5.75 Å². The topological polar surface area (TPSA) is 26.3 Å². The Hall–Kier alpha value is -2.09. The minimum Gasteiger partial charge on any atom is -0.492 e. The molecule has 0 amide bonds. The third-order valence-electron chi connectivity index (χ3n) is 4.20. The van der Waals surface area contributed by atoms with Crippen LogP contribution in [0.5, 0.6) is 5.75 Å². The lowest BCUT2D eigenvalue weighted by Gasteiger charge is -2.16. The number of hydrogen-bond acceptors (Lipinski definition) is 2. The number of fused-ring (bicyclic) bond motifs is 1. The van der Waals surface area contributed by atoms with Gasteiger partial charge in [-0.25, -0.2) is 0 Å². The van der Waals surface area contributed by atoms with Crippen LogP contribution in [0, 0.1) is 0 Å². The zero-order valence-corrected chi connectivity index (χ0v) is 12.8. The predicted octanol–water partition coefficient (Wildman–Crippen LogP) is 4.15. The quantitative estimate of drug-likeness (QED) is 0.789. The Labute approximate surface area is 125 Å². The van der Waals surface area contributed by atoms with E-state index in [0.717, 1.165) is 34.4 Å². The average Bonchev–Trinajstić information content (AvgIpc) is 2.81. The first-order chi connectivity index (χ1) is 10.0. The third-order valence-corrected chi connectivity index (χ3v) is 4.20. The lowest BCUT2D eigenvalue weighted by molar-refractivity contribution is 0.103. The molecule has 0 aromatic heterocycles. The van der Waals surface area contributed by atoms with Gasteiger partial charge in [0.05, 0.1) is 6.61 Å². The van der Waals surface area contributed by atoms with E-state index >= 15 is 0 Å². The second-order valence-corrected chi connectivity index (χ2v) is 6.22. The number of ether oxygens (including phenoxy) is 1. The summed E-state index contributed by atoms with van der Waals surface area (Å²) in [6, 6.07) is 13.6. The molecule has 0 unspecified atom stereocenters. The molecule has 1 aliphatic heterocycles. The number of carbonyl (C=O) groups is 1. The van der Waals surface area contributed by atoms with Crippen molar-refractivity contribution in [2.75, 3.05) is 6.61 Å². The van der Waals surface area contributed by atoms with Crippen LogP contribution in [0.1, 0.15) is 47.8 Å². The van der Waals surface area contributed by atoms with Gasteiger partial charge in [0.25, 0.3) is 0 Å². The number of hydrogen-bond donors (Lipinski definition) is 0. The van der Waals surface area contributed by atoms with E-state index in [1.54, 1.807) is 0 Å². The maximum atomic E-state index is 12.8. The van der Waals surface area contributed by atoms with Crippen molar-refractivity contribution in [2.45, 2.75) is 32.6 Å². The zero-order chi connectivity index (χ0) is 15.0. The summed E-state index contributed by atoms with van der Waals surface area (Å²) in [6.07, 6.45) is 0.863. The predicted molar refractivity (Wildman–Crippen MR) is 84.2 cm³/mol. The van der Waals surface area contributed by atoms with Crippen LogP contribution in [0.25, 0.3) is 0 Å². The van der Waals surface area contributed by atoms with Gasteiger partial charge in [-0.2, -0.15) is 0 Å². The van der Waals surface area contributed by atoms with Crippen molar-refractivity contribution in [1.82, 2.24) is 0 Å². The summed E-state index contributed by atoms with van der Waals surface area (Å²) in [5.41, 5.74) is 3.74. The molecule has 21 heavy (non-hydrogen) atoms. The molecule has 0 saturated carbocycles. The highest BCUT2D eigenvalue weighted by Gasteiger charge is 2.32. The van der Waals surface area contributed by atoms with Crippen LogP contribution in [-0.4, -0.2) is 12.4 Å². The molecule has 108 valence electrons. The van der Waals surface area contributed by atoms with Crippen LogP contribution < -0.4 is 4.74 Å². The van der Waals surface area contributed by atoms with E-state index in [0.29, 0.717) is 6.61 Å². The summed E-state index contributed by atoms with van der Waals surface area (Å²) in [6.45, 7) is 7.04. The number of aryl methyl sites for hydroxylation is 1. The van der Waals surface area contributed by atoms with Crippen molar-refractivity contribution in [3.8, 4) is 5.75 Å². The maximum Gasteiger partial charge on any atom is 0.193 e. The molecule has 1 aliphatic rings. The van der Waals surface area contributed by atoms with Crippen LogP contribution in [0.2, 0.25) is 0 Å². The van der Waals surface area contributed by atoms with Gasteiger partial charge in [0.2, 0.25) is 0 Å². The fourth-order valence-electron chi connectivity index (χ4n) is 2.87. The molecule has 2 aromatic rings. The number of ketones is 1. The zero-order valence-electron chi connectivity index (χ0n) is 12.8. The molecule has 2 nitrogen and oxygen atoms in total. The van der Waals surface area contributed by atoms with E-state index in [1.165, 1.54) is 0 Å². The monoisotopic (exact) mass is 280 g/mol. The van der Waals surface area contributed by atoms with Crippen molar-refractivity contribution in [3.63, 3.8) is 0 Å². The largest absolute Gasteiger partial charge is 0.492 e. The molecule has 0 atom stereocenters. The van der Waals surface area contributed by atoms with E-state index in [-0.39, 0.29) is 11.2 Å². The van der Waals surface area contributed by atoms with E-state index in [2.05, 4.69) is 20.8 Å². The third kappa shape index (κ3) is 2.35. The minimum absolute atomic E-state index is 0.0318. The first-order valence-electron chi connectivity index (χ1n) is 7.43. The Balaban J connectivity index is 2.04. The van der Waals surface area contributed by atoms with Crippen LogP contribution in [0.15, 0.2) is 42.5 Å². The van der Waals surface area contributed by atoms with Gasteiger partial charge >= 0.3 is 0 Å². The Morgan fingerprint density at radius 2 is 1.95 bits per heavy atom. The van der Waals surface area contributed by atoms with Gasteiger partial charge in [-0.05, 0) is 30.2 Å². The summed E-state index contributed by atoms with van der Waals surface area (Å²) in [4.78, 5) is 12.8. The highest BCUT2D eigenvalue weighted by molar-refractivity contribution is 6.10. The summed E-state index contributed by atoms with van der Waals surface area (Å²) < 4.78 is 5.69. The molecule has 0 spiro atoms. The smallest absolute Gasteiger partial charge is 0.193 e. The van der Waals surface area contributed by atoms with Crippen molar-refractivity contribution in [3.05, 3.63) is 64.7 Å². The Morgan fingerprint density at radius 1 is 1.19 bits per heavy atom. The number of benzene rings is 2. The summed E-state index contributed by atoms with van der Waals surface area (Å²) in [7, 11) is 0. The number of carbonyl (C=O) groups excluding carboxylic acids is 1. The highest BCUT2D eigenvalue weighted by atomic mass is 16.5. The average molecular weight is 280 g/mol. The van der Waals surface area contributed by atoms with Gasteiger partial charge < -0.3 is 4.74 Å². The first kappa shape index (κ1) is 13.9. The molecule has 0 bridgehead atoms. The van der Waals surface area contributed by atoms with Crippen LogP contribution in [0.3, 0.4) is 0 Å². The van der Waals surface area contributed by atoms with E-state index in [9.17, 15) is 4.79 Å². The van der Waals surface area contributed by atoms with Crippen molar-refractivity contribution in [1.29, 1.82) is 0 Å². The molecule has 0 fully saturated rings. The Kier molecular flexibility index (Phi) is 3.32. The summed E-state index contributed by atoms with van der Waals surface area (Å²) in [5, 5.41) is 0. The normalized spacial score (nSPS) is 15.4. The van der Waals surface area contributed by atoms with Gasteiger partial charge in [-0.3, -0.25) is 4.79 Å². The highest BCUT2D eigenvalue weighted by Crippen LogP contribution is 2.39. The van der Waals surface area contributed by atoms with Crippen LogP contribution in [-0.2, 0) is 11.8 Å². The van der Waals surface area contributed by atoms with Gasteiger partial charge in [0.15, 0.2) is 5.78 Å². The van der Waals surface area contributed by atoms with E-state index < -0.39 is 0 Å². The fraction of sp³-hybridized carbons (Fsp3) is 0.316. The van der Waals surface area contributed by atoms with Gasteiger partial charge in [-0.15, -0.1) is 0 Å². The molecule has 0 saturated heterocycles. The molecule has 0 N–H and O–H groups in total. The minimum atomic E-state index is -0.0318. The lowest BCUT2D eigenvalue weighted by atomic mass is 9.85. The van der Waals surface area contributed by atoms with Gasteiger partial charge in [0, 0.05) is 22.1 Å². The molecular formula is C19H20O2. The number of rotatable bonds is 3. The van der Waals surface area contributed by atoms with Crippen molar-refractivity contribution in [2.24, 2.45) is 0 Å². The van der Waals surface area contributed by atoms with Crippen LogP contribution >= 0.6 is 0 Å². The Morgan fingerprint density at radius 3 is 2.71 bits per heavy atom. The molecule has 3 rings (SSSR count). The van der Waals surface area contributed by atoms with E-state index in [1.807, 2.05) is 42.5 Å². The van der Waals surface area contributed by atoms with E-state index in [4.69, 9.17) is 4.74 Å². The molecular weight excluding hydrogens is 260 g/mol. The SMILES string of the molecule is CCc1ccccc1C(=O)c1ccc2c(c1)C(C)(C)CO2. The molecule has 0 radical (unpaired) electrons. The van der Waals surface area contributed by atoms with Gasteiger partial charge in [-0.1, -0.05) is 45.0 Å². The second kappa shape index (κ2) is 5.03. The second-order valence-electron chi connectivity index (χ2n) is 6.22. The van der Waals surface area contributed by atoms with Crippen LogP contribution in [0.4, 0.5) is 0 Å². The van der Waals surface area contributed by atoms with Crippen molar-refractivity contribution >= 4 is 5.78 Å². The molecule has 0 aliphatic carbocycles. The summed E-state index contributed by atoms with van der Waals surface area (Å²) in [5.74, 6) is 0.998. The fourth-order valence-corrected chi connectivity index (χ4v) is 2.87. The maximum absolute atomic E-state index is 12.8. The molecule has 2 heteroatoms. The van der Waals surface area contributed by atoms with Crippen molar-refractivity contribution < 1.29 is 9.53 Å².